The molecule has 0 fully saturated rings. The summed E-state index contributed by atoms with van der Waals surface area (Å²) in [4.78, 5) is 3.89. The van der Waals surface area contributed by atoms with Crippen molar-refractivity contribution in [1.82, 2.24) is 4.98 Å². The van der Waals surface area contributed by atoms with Gasteiger partial charge in [-0.3, -0.25) is 0 Å². The predicted molar refractivity (Wildman–Crippen MR) is 48.5 cm³/mol. The van der Waals surface area contributed by atoms with E-state index in [1.54, 1.807) is 6.20 Å². The molecule has 0 aromatic carbocycles. The Kier molecular flexibility index (Phi) is 3.31. The van der Waals surface area contributed by atoms with E-state index in [0.717, 1.165) is 5.56 Å². The van der Waals surface area contributed by atoms with Crippen LogP contribution in [0.3, 0.4) is 0 Å². The molecule has 0 radical (unpaired) electrons. The average Bonchev–Trinajstić information content (AvgIpc) is 2.04. The first-order valence-corrected chi connectivity index (χ1v) is 4.07. The van der Waals surface area contributed by atoms with Gasteiger partial charge in [0.25, 0.3) is 0 Å². The normalized spacial score (nSPS) is 9.92. The lowest BCUT2D eigenvalue weighted by atomic mass is 10.3. The number of hydrogen-bond donors (Lipinski definition) is 1. The molecule has 0 aliphatic heterocycles. The van der Waals surface area contributed by atoms with E-state index in [4.69, 9.17) is 22.1 Å². The second kappa shape index (κ2) is 4.28. The van der Waals surface area contributed by atoms with Crippen LogP contribution in [-0.4, -0.2) is 18.1 Å². The van der Waals surface area contributed by atoms with Crippen LogP contribution in [0.15, 0.2) is 12.3 Å². The summed E-state index contributed by atoms with van der Waals surface area (Å²) in [6.07, 6.45) is 1.65. The van der Waals surface area contributed by atoms with Crippen molar-refractivity contribution in [3.63, 3.8) is 0 Å². The zero-order chi connectivity index (χ0) is 8.97. The Hall–Kier alpha value is -0.800. The number of rotatable bonds is 3. The standard InChI is InChI=1S/C8H11ClN2O/c1-6-2-4-11-8(9)7(6)12-5-3-10/h2,4H,3,5,10H2,1H3. The number of nitrogens with two attached hydrogens (primary N) is 1. The van der Waals surface area contributed by atoms with Gasteiger partial charge in [-0.25, -0.2) is 4.98 Å². The molecule has 0 unspecified atom stereocenters. The van der Waals surface area contributed by atoms with Crippen LogP contribution in [-0.2, 0) is 0 Å². The molecule has 1 rings (SSSR count). The zero-order valence-corrected chi connectivity index (χ0v) is 7.64. The lowest BCUT2D eigenvalue weighted by Crippen LogP contribution is -2.11. The highest BCUT2D eigenvalue weighted by atomic mass is 35.5. The Morgan fingerprint density at radius 3 is 3.00 bits per heavy atom. The maximum atomic E-state index is 5.79. The van der Waals surface area contributed by atoms with E-state index in [-0.39, 0.29) is 0 Å². The summed E-state index contributed by atoms with van der Waals surface area (Å²) in [6, 6.07) is 1.84. The van der Waals surface area contributed by atoms with Gasteiger partial charge in [0.1, 0.15) is 6.61 Å². The largest absolute Gasteiger partial charge is 0.489 e. The smallest absolute Gasteiger partial charge is 0.171 e. The monoisotopic (exact) mass is 186 g/mol. The summed E-state index contributed by atoms with van der Waals surface area (Å²) in [5, 5.41) is 0.392. The van der Waals surface area contributed by atoms with E-state index in [1.807, 2.05) is 13.0 Å². The highest BCUT2D eigenvalue weighted by Gasteiger charge is 2.04. The molecule has 3 nitrogen and oxygen atoms in total. The van der Waals surface area contributed by atoms with Crippen molar-refractivity contribution in [1.29, 1.82) is 0 Å². The summed E-state index contributed by atoms with van der Waals surface area (Å²) in [6.45, 7) is 2.86. The molecule has 0 bridgehead atoms. The average molecular weight is 187 g/mol. The van der Waals surface area contributed by atoms with Crippen LogP contribution in [0, 0.1) is 6.92 Å². The van der Waals surface area contributed by atoms with Crippen molar-refractivity contribution in [2.75, 3.05) is 13.2 Å². The Morgan fingerprint density at radius 2 is 2.42 bits per heavy atom. The van der Waals surface area contributed by atoms with Gasteiger partial charge in [-0.1, -0.05) is 11.6 Å². The maximum Gasteiger partial charge on any atom is 0.171 e. The molecule has 4 heteroatoms. The molecule has 0 aliphatic carbocycles. The van der Waals surface area contributed by atoms with Crippen LogP contribution in [0.1, 0.15) is 5.56 Å². The van der Waals surface area contributed by atoms with E-state index in [2.05, 4.69) is 4.98 Å². The second-order valence-electron chi connectivity index (χ2n) is 2.38. The van der Waals surface area contributed by atoms with Crippen LogP contribution in [0.5, 0.6) is 5.75 Å². The van der Waals surface area contributed by atoms with Crippen LogP contribution in [0.25, 0.3) is 0 Å². The van der Waals surface area contributed by atoms with Gasteiger partial charge in [0, 0.05) is 12.7 Å². The fourth-order valence-electron chi connectivity index (χ4n) is 0.846. The van der Waals surface area contributed by atoms with Crippen molar-refractivity contribution < 1.29 is 4.74 Å². The topological polar surface area (TPSA) is 48.1 Å². The molecular weight excluding hydrogens is 176 g/mol. The number of aromatic nitrogens is 1. The molecular formula is C8H11ClN2O. The van der Waals surface area contributed by atoms with E-state index >= 15 is 0 Å². The third kappa shape index (κ3) is 2.09. The van der Waals surface area contributed by atoms with Crippen molar-refractivity contribution in [3.8, 4) is 5.75 Å². The summed E-state index contributed by atoms with van der Waals surface area (Å²) in [5.41, 5.74) is 6.26. The molecule has 0 saturated carbocycles. The first-order valence-electron chi connectivity index (χ1n) is 3.69. The van der Waals surface area contributed by atoms with Gasteiger partial charge in [-0.15, -0.1) is 0 Å². The minimum atomic E-state index is 0.392. The van der Waals surface area contributed by atoms with E-state index in [0.29, 0.717) is 24.1 Å². The minimum absolute atomic E-state index is 0.392. The Balaban J connectivity index is 2.81. The Morgan fingerprint density at radius 1 is 1.67 bits per heavy atom. The molecule has 0 aliphatic rings. The first kappa shape index (κ1) is 9.29. The van der Waals surface area contributed by atoms with Crippen molar-refractivity contribution >= 4 is 11.6 Å². The summed E-state index contributed by atoms with van der Waals surface area (Å²) >= 11 is 5.79. The van der Waals surface area contributed by atoms with Gasteiger partial charge < -0.3 is 10.5 Å². The quantitative estimate of drug-likeness (QED) is 0.726. The van der Waals surface area contributed by atoms with Gasteiger partial charge in [0.05, 0.1) is 0 Å². The highest BCUT2D eigenvalue weighted by molar-refractivity contribution is 6.30. The number of hydrogen-bond acceptors (Lipinski definition) is 3. The number of ether oxygens (including phenoxy) is 1. The molecule has 1 aromatic heterocycles. The number of halogens is 1. The number of pyridine rings is 1. The maximum absolute atomic E-state index is 5.79. The molecule has 0 atom stereocenters. The van der Waals surface area contributed by atoms with Gasteiger partial charge >= 0.3 is 0 Å². The van der Waals surface area contributed by atoms with E-state index in [9.17, 15) is 0 Å². The number of aryl methyl sites for hydroxylation is 1. The van der Waals surface area contributed by atoms with Gasteiger partial charge in [0.15, 0.2) is 10.9 Å². The van der Waals surface area contributed by atoms with Crippen LogP contribution < -0.4 is 10.5 Å². The van der Waals surface area contributed by atoms with Gasteiger partial charge in [-0.05, 0) is 18.6 Å². The third-order valence-corrected chi connectivity index (χ3v) is 1.69. The fourth-order valence-corrected chi connectivity index (χ4v) is 1.11. The highest BCUT2D eigenvalue weighted by Crippen LogP contribution is 2.24. The van der Waals surface area contributed by atoms with Crippen molar-refractivity contribution in [3.05, 3.63) is 23.0 Å². The van der Waals surface area contributed by atoms with Crippen LogP contribution >= 0.6 is 11.6 Å². The predicted octanol–water partition coefficient (Wildman–Crippen LogP) is 1.38. The lowest BCUT2D eigenvalue weighted by molar-refractivity contribution is 0.325. The van der Waals surface area contributed by atoms with Gasteiger partial charge in [0.2, 0.25) is 0 Å². The molecule has 1 aromatic rings. The second-order valence-corrected chi connectivity index (χ2v) is 2.74. The van der Waals surface area contributed by atoms with Crippen molar-refractivity contribution in [2.24, 2.45) is 5.73 Å². The SMILES string of the molecule is Cc1ccnc(Cl)c1OCCN. The lowest BCUT2D eigenvalue weighted by Gasteiger charge is -2.07. The van der Waals surface area contributed by atoms with E-state index in [1.165, 1.54) is 0 Å². The molecule has 1 heterocycles. The fraction of sp³-hybridized carbons (Fsp3) is 0.375. The zero-order valence-electron chi connectivity index (χ0n) is 6.88. The summed E-state index contributed by atoms with van der Waals surface area (Å²) in [7, 11) is 0. The third-order valence-electron chi connectivity index (χ3n) is 1.42. The summed E-state index contributed by atoms with van der Waals surface area (Å²) < 4.78 is 5.30. The molecule has 12 heavy (non-hydrogen) atoms. The first-order chi connectivity index (χ1) is 5.75. The Labute approximate surface area is 76.5 Å². The summed E-state index contributed by atoms with van der Waals surface area (Å²) in [5.74, 6) is 0.629. The van der Waals surface area contributed by atoms with Crippen LogP contribution in [0.4, 0.5) is 0 Å². The number of nitrogens with zero attached hydrogens (tertiary/aromatic N) is 1. The van der Waals surface area contributed by atoms with Crippen molar-refractivity contribution in [2.45, 2.75) is 6.92 Å². The minimum Gasteiger partial charge on any atom is -0.489 e. The van der Waals surface area contributed by atoms with Crippen LogP contribution in [0.2, 0.25) is 5.15 Å². The van der Waals surface area contributed by atoms with E-state index < -0.39 is 0 Å². The molecule has 0 saturated heterocycles. The molecule has 2 N–H and O–H groups in total. The molecule has 0 amide bonds. The molecule has 66 valence electrons. The van der Waals surface area contributed by atoms with Gasteiger partial charge in [-0.2, -0.15) is 0 Å². The molecule has 0 spiro atoms. The Bertz CT molecular complexity index is 245.